The van der Waals surface area contributed by atoms with Crippen molar-refractivity contribution in [3.8, 4) is 16.8 Å². The Labute approximate surface area is 270 Å². The molecule has 1 aliphatic rings. The third-order valence-corrected chi connectivity index (χ3v) is 8.08. The number of pyridine rings is 1. The van der Waals surface area contributed by atoms with E-state index in [-0.39, 0.29) is 41.4 Å². The van der Waals surface area contributed by atoms with E-state index in [0.717, 1.165) is 5.56 Å². The molecule has 13 heteroatoms. The van der Waals surface area contributed by atoms with Crippen LogP contribution < -0.4 is 16.0 Å². The Hall–Kier alpha value is -4.81. The Bertz CT molecular complexity index is 1760. The van der Waals surface area contributed by atoms with Crippen molar-refractivity contribution in [3.63, 3.8) is 0 Å². The van der Waals surface area contributed by atoms with E-state index < -0.39 is 23.9 Å². The highest BCUT2D eigenvalue weighted by atomic mass is 35.5. The fraction of sp³-hybridized carbons (Fsp3) is 0.303. The van der Waals surface area contributed by atoms with Crippen molar-refractivity contribution in [2.75, 3.05) is 31.0 Å². The summed E-state index contributed by atoms with van der Waals surface area (Å²) in [5.74, 6) is -1.57. The molecule has 2 bridgehead atoms. The first-order valence-corrected chi connectivity index (χ1v) is 15.2. The summed E-state index contributed by atoms with van der Waals surface area (Å²) in [6.07, 6.45) is 4.08. The van der Waals surface area contributed by atoms with E-state index in [0.29, 0.717) is 47.6 Å². The molecule has 2 aromatic carbocycles. The van der Waals surface area contributed by atoms with Crippen LogP contribution in [-0.2, 0) is 14.3 Å². The molecule has 0 saturated carbocycles. The number of carbonyl (C=O) groups is 3. The summed E-state index contributed by atoms with van der Waals surface area (Å²) < 4.78 is 26.2. The number of methoxy groups -OCH3 is 1. The van der Waals surface area contributed by atoms with E-state index in [1.165, 1.54) is 24.1 Å². The van der Waals surface area contributed by atoms with Gasteiger partial charge in [-0.3, -0.25) is 24.5 Å². The first-order chi connectivity index (χ1) is 22.2. The fourth-order valence-electron chi connectivity index (χ4n) is 5.24. The molecule has 0 aliphatic carbocycles. The number of aromatic nitrogens is 3. The number of hydrogen-bond acceptors (Lipinski definition) is 7. The van der Waals surface area contributed by atoms with Gasteiger partial charge in [0.05, 0.1) is 40.4 Å². The summed E-state index contributed by atoms with van der Waals surface area (Å²) in [5.41, 5.74) is 3.78. The van der Waals surface area contributed by atoms with E-state index in [4.69, 9.17) is 21.1 Å². The predicted octanol–water partition coefficient (Wildman–Crippen LogP) is 6.46. The van der Waals surface area contributed by atoms with Crippen molar-refractivity contribution in [2.45, 2.75) is 39.2 Å². The van der Waals surface area contributed by atoms with Gasteiger partial charge in [-0.2, -0.15) is 0 Å². The van der Waals surface area contributed by atoms with E-state index >= 15 is 0 Å². The molecule has 3 amide bonds. The highest BCUT2D eigenvalue weighted by Crippen LogP contribution is 2.34. The molecule has 0 saturated heterocycles. The third-order valence-electron chi connectivity index (χ3n) is 7.79. The van der Waals surface area contributed by atoms with Gasteiger partial charge in [0.2, 0.25) is 5.91 Å². The highest BCUT2D eigenvalue weighted by molar-refractivity contribution is 6.30. The molecule has 0 radical (unpaired) electrons. The van der Waals surface area contributed by atoms with Crippen LogP contribution in [0.5, 0.6) is 0 Å². The van der Waals surface area contributed by atoms with Crippen molar-refractivity contribution in [1.82, 2.24) is 19.9 Å². The maximum Gasteiger partial charge on any atom is 0.411 e. The van der Waals surface area contributed by atoms with Crippen LogP contribution in [0.2, 0.25) is 5.02 Å². The molecule has 1 aliphatic heterocycles. The Morgan fingerprint density at radius 2 is 1.96 bits per heavy atom. The highest BCUT2D eigenvalue weighted by Gasteiger charge is 2.25. The second-order valence-corrected chi connectivity index (χ2v) is 11.4. The first-order valence-electron chi connectivity index (χ1n) is 14.8. The van der Waals surface area contributed by atoms with Crippen molar-refractivity contribution < 1.29 is 28.2 Å². The Kier molecular flexibility index (Phi) is 10.3. The normalized spacial score (nSPS) is 16.3. The van der Waals surface area contributed by atoms with Gasteiger partial charge in [0.25, 0.3) is 5.91 Å². The van der Waals surface area contributed by atoms with Crippen LogP contribution in [0.15, 0.2) is 61.1 Å². The average Bonchev–Trinajstić information content (AvgIpc) is 3.42. The van der Waals surface area contributed by atoms with Crippen molar-refractivity contribution in [1.29, 1.82) is 0 Å². The third kappa shape index (κ3) is 7.35. The number of anilines is 2. The molecule has 11 nitrogen and oxygen atoms in total. The Morgan fingerprint density at radius 1 is 1.13 bits per heavy atom. The lowest BCUT2D eigenvalue weighted by Gasteiger charge is -2.22. The van der Waals surface area contributed by atoms with E-state index in [1.807, 2.05) is 13.0 Å². The SMILES string of the molecule is COCCOC(=O)Nc1ccc2c(c1)NC(=O)C(C)CCCC(NC(=O)c1ncn(-c3cccc(Cl)c3F)c1C)c1cc-2ccn1. The molecule has 4 aromatic rings. The minimum absolute atomic E-state index is 0.0341. The van der Waals surface area contributed by atoms with Crippen LogP contribution >= 0.6 is 11.6 Å². The molecule has 2 unspecified atom stereocenters. The zero-order chi connectivity index (χ0) is 32.8. The van der Waals surface area contributed by atoms with Gasteiger partial charge in [-0.25, -0.2) is 14.2 Å². The number of rotatable bonds is 7. The summed E-state index contributed by atoms with van der Waals surface area (Å²) in [6, 6.07) is 13.0. The largest absolute Gasteiger partial charge is 0.447 e. The van der Waals surface area contributed by atoms with Gasteiger partial charge in [0.1, 0.15) is 18.6 Å². The van der Waals surface area contributed by atoms with Gasteiger partial charge >= 0.3 is 6.09 Å². The Balaban J connectivity index is 1.44. The van der Waals surface area contributed by atoms with Gasteiger partial charge in [-0.05, 0) is 61.7 Å². The van der Waals surface area contributed by atoms with Crippen LogP contribution in [0, 0.1) is 18.7 Å². The number of nitrogens with one attached hydrogen (secondary N) is 3. The molecule has 2 atom stereocenters. The monoisotopic (exact) mass is 648 g/mol. The van der Waals surface area contributed by atoms with E-state index in [9.17, 15) is 18.8 Å². The predicted molar refractivity (Wildman–Crippen MR) is 172 cm³/mol. The second kappa shape index (κ2) is 14.5. The molecule has 240 valence electrons. The lowest BCUT2D eigenvalue weighted by molar-refractivity contribution is -0.119. The van der Waals surface area contributed by atoms with Gasteiger partial charge in [-0.1, -0.05) is 37.1 Å². The number of imidazole rings is 1. The lowest BCUT2D eigenvalue weighted by atomic mass is 9.95. The number of nitrogens with zero attached hydrogens (tertiary/aromatic N) is 3. The van der Waals surface area contributed by atoms with Gasteiger partial charge in [0, 0.05) is 30.5 Å². The number of benzene rings is 2. The smallest absolute Gasteiger partial charge is 0.411 e. The van der Waals surface area contributed by atoms with Crippen molar-refractivity contribution in [3.05, 3.63) is 89.0 Å². The summed E-state index contributed by atoms with van der Waals surface area (Å²) >= 11 is 5.98. The number of amides is 3. The molecular formula is C33H34ClFN6O5. The topological polar surface area (TPSA) is 136 Å². The number of ether oxygens (including phenoxy) is 2. The minimum Gasteiger partial charge on any atom is -0.447 e. The number of fused-ring (bicyclic) bond motifs is 4. The zero-order valence-corrected chi connectivity index (χ0v) is 26.4. The second-order valence-electron chi connectivity index (χ2n) is 11.0. The summed E-state index contributed by atoms with van der Waals surface area (Å²) in [4.78, 5) is 47.9. The number of halogens is 2. The molecule has 3 N–H and O–H groups in total. The van der Waals surface area contributed by atoms with E-state index in [1.54, 1.807) is 49.5 Å². The zero-order valence-electron chi connectivity index (χ0n) is 25.6. The molecule has 46 heavy (non-hydrogen) atoms. The first kappa shape index (κ1) is 32.6. The average molecular weight is 649 g/mol. The molecular weight excluding hydrogens is 615 g/mol. The fourth-order valence-corrected chi connectivity index (χ4v) is 5.41. The summed E-state index contributed by atoms with van der Waals surface area (Å²) in [7, 11) is 1.51. The summed E-state index contributed by atoms with van der Waals surface area (Å²) in [5, 5.41) is 8.71. The molecule has 0 spiro atoms. The summed E-state index contributed by atoms with van der Waals surface area (Å²) in [6.45, 7) is 3.89. The van der Waals surface area contributed by atoms with E-state index in [2.05, 4.69) is 25.9 Å². The van der Waals surface area contributed by atoms with Crippen LogP contribution in [-0.4, -0.2) is 52.8 Å². The molecule has 2 aromatic heterocycles. The molecule has 3 heterocycles. The van der Waals surface area contributed by atoms with Crippen LogP contribution in [0.25, 0.3) is 16.8 Å². The van der Waals surface area contributed by atoms with Crippen molar-refractivity contribution in [2.24, 2.45) is 5.92 Å². The number of hydrogen-bond donors (Lipinski definition) is 3. The maximum absolute atomic E-state index is 14.7. The van der Waals surface area contributed by atoms with Crippen LogP contribution in [0.1, 0.15) is 54.1 Å². The standard InChI is InChI=1S/C33H34ClFN6O5/c1-19-6-4-8-25(39-32(43)30-20(2)41(18-37-30)28-9-5-7-24(34)29(28)35)27-16-21(12-13-36-27)23-11-10-22(17-26(23)40-31(19)42)38-33(44)46-15-14-45-3/h5,7,9-13,16-19,25H,4,6,8,14-15H2,1-3H3,(H,38,44)(H,39,43)(H,40,42). The lowest BCUT2D eigenvalue weighted by Crippen LogP contribution is -2.30. The van der Waals surface area contributed by atoms with Gasteiger partial charge in [0.15, 0.2) is 5.82 Å². The minimum atomic E-state index is -0.646. The molecule has 0 fully saturated rings. The quantitative estimate of drug-likeness (QED) is 0.196. The number of carbonyl (C=O) groups excluding carboxylic acids is 3. The van der Waals surface area contributed by atoms with Crippen LogP contribution in [0.4, 0.5) is 20.6 Å². The van der Waals surface area contributed by atoms with Crippen LogP contribution in [0.3, 0.4) is 0 Å². The molecule has 5 rings (SSSR count). The maximum atomic E-state index is 14.7. The van der Waals surface area contributed by atoms with Crippen molar-refractivity contribution >= 4 is 40.9 Å². The Morgan fingerprint density at radius 3 is 2.76 bits per heavy atom. The van der Waals surface area contributed by atoms with Gasteiger partial charge in [-0.15, -0.1) is 0 Å². The van der Waals surface area contributed by atoms with Gasteiger partial charge < -0.3 is 20.1 Å².